The van der Waals surface area contributed by atoms with Crippen molar-refractivity contribution < 1.29 is 0 Å². The molecule has 0 amide bonds. The smallest absolute Gasteiger partial charge is 0.134 e. The summed E-state index contributed by atoms with van der Waals surface area (Å²) < 4.78 is 0. The lowest BCUT2D eigenvalue weighted by Gasteiger charge is -2.26. The predicted molar refractivity (Wildman–Crippen MR) is 62.4 cm³/mol. The molecule has 0 N–H and O–H groups in total. The largest absolute Gasteiger partial charge is 0.357 e. The van der Waals surface area contributed by atoms with Crippen LogP contribution < -0.4 is 4.90 Å². The quantitative estimate of drug-likeness (QED) is 0.741. The van der Waals surface area contributed by atoms with Crippen LogP contribution in [-0.4, -0.2) is 23.1 Å². The van der Waals surface area contributed by atoms with Crippen molar-refractivity contribution in [2.24, 2.45) is 5.92 Å². The molecule has 0 saturated heterocycles. The number of aromatic nitrogens is 2. The van der Waals surface area contributed by atoms with Gasteiger partial charge in [-0.15, -0.1) is 0 Å². The maximum atomic E-state index is 5.92. The molecule has 1 aromatic rings. The molecule has 1 atom stereocenters. The summed E-state index contributed by atoms with van der Waals surface area (Å²) in [5.74, 6) is 2.48. The van der Waals surface area contributed by atoms with Gasteiger partial charge < -0.3 is 4.90 Å². The monoisotopic (exact) mass is 225 g/mol. The molecular weight excluding hydrogens is 210 g/mol. The van der Waals surface area contributed by atoms with Crippen LogP contribution in [0.15, 0.2) is 6.07 Å². The highest BCUT2D eigenvalue weighted by molar-refractivity contribution is 6.29. The average molecular weight is 226 g/mol. The van der Waals surface area contributed by atoms with Crippen LogP contribution in [0, 0.1) is 12.8 Å². The Bertz CT molecular complexity index is 343. The van der Waals surface area contributed by atoms with Gasteiger partial charge in [-0.3, -0.25) is 0 Å². The fourth-order valence-corrected chi connectivity index (χ4v) is 2.02. The van der Waals surface area contributed by atoms with Crippen molar-refractivity contribution in [3.8, 4) is 0 Å². The van der Waals surface area contributed by atoms with Crippen molar-refractivity contribution >= 4 is 17.4 Å². The summed E-state index contributed by atoms with van der Waals surface area (Å²) >= 11 is 5.92. The second-order valence-electron chi connectivity index (χ2n) is 4.29. The summed E-state index contributed by atoms with van der Waals surface area (Å²) in [5, 5.41) is 0.521. The maximum absolute atomic E-state index is 5.92. The maximum Gasteiger partial charge on any atom is 0.134 e. The van der Waals surface area contributed by atoms with E-state index in [0.717, 1.165) is 17.6 Å². The van der Waals surface area contributed by atoms with E-state index in [1.54, 1.807) is 0 Å². The Morgan fingerprint density at radius 3 is 2.67 bits per heavy atom. The van der Waals surface area contributed by atoms with E-state index in [9.17, 15) is 0 Å². The van der Waals surface area contributed by atoms with Crippen LogP contribution in [0.4, 0.5) is 5.82 Å². The van der Waals surface area contributed by atoms with E-state index in [0.29, 0.717) is 11.2 Å². The van der Waals surface area contributed by atoms with Crippen LogP contribution in [0.5, 0.6) is 0 Å². The Morgan fingerprint density at radius 2 is 2.13 bits per heavy atom. The zero-order valence-corrected chi connectivity index (χ0v) is 10.1. The highest BCUT2D eigenvalue weighted by Gasteiger charge is 2.31. The van der Waals surface area contributed by atoms with Gasteiger partial charge in [0.15, 0.2) is 0 Å². The molecule has 1 aliphatic rings. The SMILES string of the molecule is Cc1nc(Cl)cc(N(C)C(C)C2CC2)n1. The number of halogens is 1. The fourth-order valence-electron chi connectivity index (χ4n) is 1.80. The van der Waals surface area contributed by atoms with E-state index in [1.807, 2.05) is 13.0 Å². The molecule has 1 saturated carbocycles. The minimum absolute atomic E-state index is 0.521. The molecule has 0 bridgehead atoms. The Morgan fingerprint density at radius 1 is 1.47 bits per heavy atom. The topological polar surface area (TPSA) is 29.0 Å². The summed E-state index contributed by atoms with van der Waals surface area (Å²) in [5.41, 5.74) is 0. The Balaban J connectivity index is 2.19. The first kappa shape index (κ1) is 10.7. The number of hydrogen-bond donors (Lipinski definition) is 0. The molecule has 0 radical (unpaired) electrons. The molecule has 1 heterocycles. The number of nitrogens with zero attached hydrogens (tertiary/aromatic N) is 3. The third kappa shape index (κ3) is 2.40. The first-order chi connectivity index (χ1) is 7.08. The average Bonchev–Trinajstić information content (AvgIpc) is 2.97. The molecule has 1 fully saturated rings. The van der Waals surface area contributed by atoms with Crippen LogP contribution in [0.2, 0.25) is 5.15 Å². The van der Waals surface area contributed by atoms with Crippen LogP contribution >= 0.6 is 11.6 Å². The van der Waals surface area contributed by atoms with Crippen LogP contribution in [-0.2, 0) is 0 Å². The minimum atomic E-state index is 0.521. The van der Waals surface area contributed by atoms with Crippen LogP contribution in [0.3, 0.4) is 0 Å². The van der Waals surface area contributed by atoms with E-state index in [-0.39, 0.29) is 0 Å². The molecule has 1 unspecified atom stereocenters. The van der Waals surface area contributed by atoms with Crippen LogP contribution in [0.25, 0.3) is 0 Å². The van der Waals surface area contributed by atoms with E-state index in [2.05, 4.69) is 28.8 Å². The minimum Gasteiger partial charge on any atom is -0.357 e. The predicted octanol–water partition coefficient (Wildman–Crippen LogP) is 2.67. The summed E-state index contributed by atoms with van der Waals surface area (Å²) in [6.45, 7) is 4.11. The highest BCUT2D eigenvalue weighted by atomic mass is 35.5. The fraction of sp³-hybridized carbons (Fsp3) is 0.636. The molecule has 0 aromatic carbocycles. The summed E-state index contributed by atoms with van der Waals surface area (Å²) in [4.78, 5) is 10.7. The zero-order chi connectivity index (χ0) is 11.0. The molecule has 1 aromatic heterocycles. The Labute approximate surface area is 95.5 Å². The van der Waals surface area contributed by atoms with Crippen molar-refractivity contribution in [2.45, 2.75) is 32.7 Å². The van der Waals surface area contributed by atoms with Gasteiger partial charge in [0, 0.05) is 19.2 Å². The lowest BCUT2D eigenvalue weighted by molar-refractivity contribution is 0.602. The van der Waals surface area contributed by atoms with Gasteiger partial charge in [0.05, 0.1) is 0 Å². The third-order valence-corrected chi connectivity index (χ3v) is 3.26. The standard InChI is InChI=1S/C11H16ClN3/c1-7(9-4-5-9)15(3)11-6-10(12)13-8(2)14-11/h6-7,9H,4-5H2,1-3H3. The van der Waals surface area contributed by atoms with Crippen molar-refractivity contribution in [1.82, 2.24) is 9.97 Å². The Kier molecular flexibility index (Phi) is 2.83. The lowest BCUT2D eigenvalue weighted by atomic mass is 10.2. The summed E-state index contributed by atoms with van der Waals surface area (Å²) in [7, 11) is 2.07. The summed E-state index contributed by atoms with van der Waals surface area (Å²) in [6.07, 6.45) is 2.67. The van der Waals surface area contributed by atoms with E-state index in [1.165, 1.54) is 12.8 Å². The van der Waals surface area contributed by atoms with Gasteiger partial charge >= 0.3 is 0 Å². The molecule has 4 heteroatoms. The normalized spacial score (nSPS) is 17.6. The van der Waals surface area contributed by atoms with Gasteiger partial charge in [-0.05, 0) is 32.6 Å². The van der Waals surface area contributed by atoms with Gasteiger partial charge in [-0.1, -0.05) is 11.6 Å². The first-order valence-electron chi connectivity index (χ1n) is 5.32. The van der Waals surface area contributed by atoms with E-state index >= 15 is 0 Å². The lowest BCUT2D eigenvalue weighted by Crippen LogP contribution is -2.31. The molecule has 0 spiro atoms. The molecule has 1 aliphatic carbocycles. The summed E-state index contributed by atoms with van der Waals surface area (Å²) in [6, 6.07) is 2.36. The third-order valence-electron chi connectivity index (χ3n) is 3.07. The number of anilines is 1. The second kappa shape index (κ2) is 3.97. The van der Waals surface area contributed by atoms with Gasteiger partial charge in [-0.2, -0.15) is 0 Å². The Hall–Kier alpha value is -0.830. The highest BCUT2D eigenvalue weighted by Crippen LogP contribution is 2.36. The molecule has 15 heavy (non-hydrogen) atoms. The van der Waals surface area contributed by atoms with E-state index in [4.69, 9.17) is 11.6 Å². The second-order valence-corrected chi connectivity index (χ2v) is 4.67. The van der Waals surface area contributed by atoms with Gasteiger partial charge in [0.2, 0.25) is 0 Å². The molecule has 82 valence electrons. The zero-order valence-electron chi connectivity index (χ0n) is 9.37. The first-order valence-corrected chi connectivity index (χ1v) is 5.69. The van der Waals surface area contributed by atoms with Crippen molar-refractivity contribution in [2.75, 3.05) is 11.9 Å². The number of rotatable bonds is 3. The van der Waals surface area contributed by atoms with Gasteiger partial charge in [-0.25, -0.2) is 9.97 Å². The van der Waals surface area contributed by atoms with Crippen molar-refractivity contribution in [1.29, 1.82) is 0 Å². The molecule has 2 rings (SSSR count). The number of aryl methyl sites for hydroxylation is 1. The number of hydrogen-bond acceptors (Lipinski definition) is 3. The van der Waals surface area contributed by atoms with Gasteiger partial charge in [0.25, 0.3) is 0 Å². The molecule has 0 aliphatic heterocycles. The van der Waals surface area contributed by atoms with Crippen molar-refractivity contribution in [3.05, 3.63) is 17.0 Å². The van der Waals surface area contributed by atoms with Crippen molar-refractivity contribution in [3.63, 3.8) is 0 Å². The van der Waals surface area contributed by atoms with E-state index < -0.39 is 0 Å². The molecular formula is C11H16ClN3. The molecule has 3 nitrogen and oxygen atoms in total. The van der Waals surface area contributed by atoms with Crippen LogP contribution in [0.1, 0.15) is 25.6 Å². The van der Waals surface area contributed by atoms with Gasteiger partial charge in [0.1, 0.15) is 16.8 Å².